The first-order valence-electron chi connectivity index (χ1n) is 6.80. The summed E-state index contributed by atoms with van der Waals surface area (Å²) in [4.78, 5) is 26.0. The zero-order valence-electron chi connectivity index (χ0n) is 12.1. The summed E-state index contributed by atoms with van der Waals surface area (Å²) in [5.41, 5.74) is 7.15. The van der Waals surface area contributed by atoms with Crippen LogP contribution in [0, 0.1) is 0 Å². The molecule has 0 saturated carbocycles. The molecule has 1 aliphatic rings. The number of H-pyrrole nitrogens is 1. The second-order valence-corrected chi connectivity index (χ2v) is 4.86. The van der Waals surface area contributed by atoms with E-state index in [1.54, 1.807) is 0 Å². The van der Waals surface area contributed by atoms with Crippen LogP contribution >= 0.6 is 12.4 Å². The van der Waals surface area contributed by atoms with Crippen LogP contribution in [-0.2, 0) is 22.6 Å². The number of aromatic nitrogens is 4. The first kappa shape index (κ1) is 16.8. The van der Waals surface area contributed by atoms with Crippen molar-refractivity contribution >= 4 is 29.9 Å². The highest BCUT2D eigenvalue weighted by Gasteiger charge is 2.37. The topological polar surface area (TPSA) is 130 Å². The summed E-state index contributed by atoms with van der Waals surface area (Å²) < 4.78 is 0. The van der Waals surface area contributed by atoms with Gasteiger partial charge in [-0.3, -0.25) is 14.5 Å². The van der Waals surface area contributed by atoms with Crippen LogP contribution in [0.2, 0.25) is 0 Å². The summed E-state index contributed by atoms with van der Waals surface area (Å²) in [7, 11) is 0. The van der Waals surface area contributed by atoms with Gasteiger partial charge >= 0.3 is 0 Å². The lowest BCUT2D eigenvalue weighted by Crippen LogP contribution is -2.49. The van der Waals surface area contributed by atoms with Crippen molar-refractivity contribution in [2.24, 2.45) is 5.73 Å². The van der Waals surface area contributed by atoms with E-state index in [0.29, 0.717) is 12.2 Å². The molecule has 23 heavy (non-hydrogen) atoms. The Morgan fingerprint density at radius 2 is 2.17 bits per heavy atom. The highest BCUT2D eigenvalue weighted by molar-refractivity contribution is 6.04. The Bertz CT molecular complexity index is 691. The van der Waals surface area contributed by atoms with Gasteiger partial charge in [0.15, 0.2) is 5.82 Å². The predicted octanol–water partition coefficient (Wildman–Crippen LogP) is -0.846. The van der Waals surface area contributed by atoms with Crippen molar-refractivity contribution in [1.82, 2.24) is 25.9 Å². The number of nitrogens with two attached hydrogens (primary N) is 1. The number of amides is 2. The first-order valence-corrected chi connectivity index (χ1v) is 6.80. The maximum absolute atomic E-state index is 12.4. The number of carbonyl (C=O) groups is 2. The summed E-state index contributed by atoms with van der Waals surface area (Å²) in [5.74, 6) is -0.187. The summed E-state index contributed by atoms with van der Waals surface area (Å²) >= 11 is 0. The molecule has 1 aliphatic heterocycles. The number of carbonyl (C=O) groups excluding carboxylic acids is 2. The van der Waals surface area contributed by atoms with Crippen molar-refractivity contribution in [2.75, 3.05) is 11.4 Å². The van der Waals surface area contributed by atoms with Crippen molar-refractivity contribution in [3.05, 3.63) is 35.7 Å². The number of aromatic amines is 1. The van der Waals surface area contributed by atoms with E-state index in [1.165, 1.54) is 4.90 Å². The molecule has 2 aromatic rings. The van der Waals surface area contributed by atoms with Crippen LogP contribution in [0.4, 0.5) is 5.69 Å². The Hall–Kier alpha value is -2.52. The number of nitrogens with zero attached hydrogens (tertiary/aromatic N) is 4. The summed E-state index contributed by atoms with van der Waals surface area (Å²) in [6, 6.07) is 6.81. The van der Waals surface area contributed by atoms with E-state index in [2.05, 4.69) is 25.9 Å². The number of hydrogen-bond donors (Lipinski definition) is 3. The minimum absolute atomic E-state index is 0. The predicted molar refractivity (Wildman–Crippen MR) is 83.7 cm³/mol. The minimum atomic E-state index is -0.611. The number of para-hydroxylation sites is 1. The zero-order valence-corrected chi connectivity index (χ0v) is 12.9. The second-order valence-electron chi connectivity index (χ2n) is 4.86. The maximum atomic E-state index is 12.4. The average Bonchev–Trinajstić information content (AvgIpc) is 3.19. The molecule has 0 fully saturated rings. The maximum Gasteiger partial charge on any atom is 0.243 e. The van der Waals surface area contributed by atoms with Crippen LogP contribution < -0.4 is 16.0 Å². The third-order valence-electron chi connectivity index (χ3n) is 3.53. The van der Waals surface area contributed by atoms with Crippen LogP contribution in [0.5, 0.6) is 0 Å². The summed E-state index contributed by atoms with van der Waals surface area (Å²) in [6.07, 6.45) is 0.458. The number of nitrogens with one attached hydrogen (secondary N) is 2. The normalized spacial score (nSPS) is 15.7. The Morgan fingerprint density at radius 1 is 1.39 bits per heavy atom. The number of hydrogen-bond acceptors (Lipinski definition) is 6. The van der Waals surface area contributed by atoms with Crippen LogP contribution in [0.25, 0.3) is 0 Å². The van der Waals surface area contributed by atoms with Crippen molar-refractivity contribution in [3.63, 3.8) is 0 Å². The molecule has 0 saturated heterocycles. The van der Waals surface area contributed by atoms with Crippen molar-refractivity contribution < 1.29 is 9.59 Å². The number of fused-ring (bicyclic) bond motifs is 1. The fourth-order valence-corrected chi connectivity index (χ4v) is 2.54. The van der Waals surface area contributed by atoms with Gasteiger partial charge in [0, 0.05) is 12.1 Å². The number of tetrazole rings is 1. The van der Waals surface area contributed by atoms with Crippen LogP contribution in [0.3, 0.4) is 0 Å². The van der Waals surface area contributed by atoms with E-state index in [4.69, 9.17) is 5.73 Å². The van der Waals surface area contributed by atoms with Gasteiger partial charge in [-0.2, -0.15) is 5.21 Å². The van der Waals surface area contributed by atoms with Crippen molar-refractivity contribution in [3.8, 4) is 0 Å². The highest BCUT2D eigenvalue weighted by atomic mass is 35.5. The second kappa shape index (κ2) is 7.16. The third-order valence-corrected chi connectivity index (χ3v) is 3.53. The van der Waals surface area contributed by atoms with Gasteiger partial charge in [0.2, 0.25) is 11.8 Å². The Morgan fingerprint density at radius 3 is 2.87 bits per heavy atom. The molecule has 0 bridgehead atoms. The molecular weight excluding hydrogens is 322 g/mol. The standard InChI is InChI=1S/C13H15N7O2.ClH/c14-6-12(21)20-9-4-2-1-3-8(9)5-10(20)13(22)15-7-11-16-18-19-17-11;/h1-4,10H,5-7,14H2,(H,15,22)(H,16,17,18,19);1H/t10-;/m0./s1. The number of halogens is 1. The SMILES string of the molecule is Cl.NCC(=O)N1c2ccccc2C[C@H]1C(=O)NCc1nn[nH]n1. The van der Waals surface area contributed by atoms with Gasteiger partial charge in [0.05, 0.1) is 13.1 Å². The summed E-state index contributed by atoms with van der Waals surface area (Å²) in [6.45, 7) is -0.00418. The van der Waals surface area contributed by atoms with Gasteiger partial charge in [-0.1, -0.05) is 23.4 Å². The van der Waals surface area contributed by atoms with Crippen molar-refractivity contribution in [2.45, 2.75) is 19.0 Å². The lowest BCUT2D eigenvalue weighted by molar-refractivity contribution is -0.125. The van der Waals surface area contributed by atoms with E-state index < -0.39 is 6.04 Å². The fraction of sp³-hybridized carbons (Fsp3) is 0.308. The number of benzene rings is 1. The van der Waals surface area contributed by atoms with Crippen molar-refractivity contribution in [1.29, 1.82) is 0 Å². The smallest absolute Gasteiger partial charge is 0.243 e. The molecule has 4 N–H and O–H groups in total. The van der Waals surface area contributed by atoms with Gasteiger partial charge in [-0.25, -0.2) is 0 Å². The highest BCUT2D eigenvalue weighted by Crippen LogP contribution is 2.32. The minimum Gasteiger partial charge on any atom is -0.347 e. The molecule has 1 aromatic heterocycles. The van der Waals surface area contributed by atoms with E-state index in [-0.39, 0.29) is 37.3 Å². The molecule has 2 heterocycles. The van der Waals surface area contributed by atoms with Gasteiger partial charge in [0.1, 0.15) is 6.04 Å². The molecular formula is C13H16ClN7O2. The van der Waals surface area contributed by atoms with E-state index in [0.717, 1.165) is 11.3 Å². The molecule has 0 spiro atoms. The van der Waals surface area contributed by atoms with Gasteiger partial charge in [-0.15, -0.1) is 22.6 Å². The van der Waals surface area contributed by atoms with E-state index in [1.807, 2.05) is 24.3 Å². The number of anilines is 1. The molecule has 3 rings (SSSR count). The monoisotopic (exact) mass is 337 g/mol. The lowest BCUT2D eigenvalue weighted by Gasteiger charge is -2.24. The molecule has 0 radical (unpaired) electrons. The van der Waals surface area contributed by atoms with Gasteiger partial charge in [0.25, 0.3) is 0 Å². The Labute approximate surface area is 138 Å². The van der Waals surface area contributed by atoms with Crippen LogP contribution in [0.15, 0.2) is 24.3 Å². The Balaban J connectivity index is 0.00000192. The number of rotatable bonds is 4. The average molecular weight is 338 g/mol. The lowest BCUT2D eigenvalue weighted by atomic mass is 10.1. The molecule has 0 unspecified atom stereocenters. The molecule has 1 aromatic carbocycles. The molecule has 9 nitrogen and oxygen atoms in total. The quantitative estimate of drug-likeness (QED) is 0.666. The largest absolute Gasteiger partial charge is 0.347 e. The first-order chi connectivity index (χ1) is 10.7. The van der Waals surface area contributed by atoms with Crippen LogP contribution in [-0.4, -0.2) is 45.0 Å². The van der Waals surface area contributed by atoms with E-state index in [9.17, 15) is 9.59 Å². The van der Waals surface area contributed by atoms with E-state index >= 15 is 0 Å². The molecule has 122 valence electrons. The molecule has 2 amide bonds. The van der Waals surface area contributed by atoms with Gasteiger partial charge < -0.3 is 11.1 Å². The summed E-state index contributed by atoms with van der Waals surface area (Å²) in [5, 5.41) is 16.0. The third kappa shape index (κ3) is 3.30. The Kier molecular flexibility index (Phi) is 5.24. The van der Waals surface area contributed by atoms with Crippen LogP contribution in [0.1, 0.15) is 11.4 Å². The van der Waals surface area contributed by atoms with Gasteiger partial charge in [-0.05, 0) is 11.6 Å². The molecule has 10 heteroatoms. The zero-order chi connectivity index (χ0) is 15.5. The fourth-order valence-electron chi connectivity index (χ4n) is 2.54. The molecule has 1 atom stereocenters. The molecule has 0 aliphatic carbocycles.